The van der Waals surface area contributed by atoms with Gasteiger partial charge in [0.2, 0.25) is 0 Å². The second-order valence-corrected chi connectivity index (χ2v) is 5.07. The lowest BCUT2D eigenvalue weighted by molar-refractivity contribution is 0.0769. The van der Waals surface area contributed by atoms with Crippen molar-refractivity contribution in [3.63, 3.8) is 0 Å². The first-order valence-electron chi connectivity index (χ1n) is 5.42. The summed E-state index contributed by atoms with van der Waals surface area (Å²) < 4.78 is 0. The summed E-state index contributed by atoms with van der Waals surface area (Å²) in [7, 11) is 0. The molecule has 0 aromatic carbocycles. The van der Waals surface area contributed by atoms with E-state index in [0.717, 1.165) is 11.3 Å². The zero-order valence-electron chi connectivity index (χ0n) is 9.26. The van der Waals surface area contributed by atoms with Crippen LogP contribution >= 0.6 is 11.3 Å². The zero-order valence-corrected chi connectivity index (χ0v) is 10.1. The fourth-order valence-corrected chi connectivity index (χ4v) is 2.71. The number of Topliss-reactive ketones (excluding diaryl/α,β-unsaturated/α-hetero) is 1. The van der Waals surface area contributed by atoms with Gasteiger partial charge in [-0.25, -0.2) is 0 Å². The van der Waals surface area contributed by atoms with E-state index in [2.05, 4.69) is 0 Å². The first kappa shape index (κ1) is 12.2. The molecule has 5 nitrogen and oxygen atoms in total. The number of carbonyl (C=O) groups excluding carboxylic acids is 2. The van der Waals surface area contributed by atoms with Crippen LogP contribution in [0.1, 0.15) is 25.8 Å². The van der Waals surface area contributed by atoms with Crippen molar-refractivity contribution in [2.75, 3.05) is 19.6 Å². The van der Waals surface area contributed by atoms with Crippen LogP contribution in [-0.4, -0.2) is 47.4 Å². The van der Waals surface area contributed by atoms with Gasteiger partial charge in [-0.15, -0.1) is 11.3 Å². The Bertz CT molecular complexity index is 444. The van der Waals surface area contributed by atoms with Crippen LogP contribution < -0.4 is 5.73 Å². The van der Waals surface area contributed by atoms with Gasteiger partial charge in [-0.1, -0.05) is 0 Å². The average Bonchev–Trinajstić information content (AvgIpc) is 2.95. The molecule has 1 fully saturated rings. The molecule has 1 amide bonds. The molecule has 1 unspecified atom stereocenters. The largest absolute Gasteiger partial charge is 0.391 e. The lowest BCUT2D eigenvalue weighted by Gasteiger charge is -2.13. The maximum absolute atomic E-state index is 12.0. The Morgan fingerprint density at radius 1 is 1.47 bits per heavy atom. The van der Waals surface area contributed by atoms with Crippen molar-refractivity contribution in [1.82, 2.24) is 4.90 Å². The fraction of sp³-hybridized carbons (Fsp3) is 0.455. The first-order chi connectivity index (χ1) is 8.11. The number of thiophene rings is 1. The van der Waals surface area contributed by atoms with E-state index >= 15 is 0 Å². The van der Waals surface area contributed by atoms with Gasteiger partial charge in [0.05, 0.1) is 22.4 Å². The third-order valence-electron chi connectivity index (χ3n) is 2.73. The Labute approximate surface area is 103 Å². The second-order valence-electron chi connectivity index (χ2n) is 3.98. The minimum atomic E-state index is -0.427. The lowest BCUT2D eigenvalue weighted by Crippen LogP contribution is -2.28. The van der Waals surface area contributed by atoms with Gasteiger partial charge in [-0.3, -0.25) is 9.59 Å². The topological polar surface area (TPSA) is 83.6 Å². The van der Waals surface area contributed by atoms with Gasteiger partial charge in [0.1, 0.15) is 0 Å². The first-order valence-corrected chi connectivity index (χ1v) is 6.24. The smallest absolute Gasteiger partial charge is 0.264 e. The monoisotopic (exact) mass is 254 g/mol. The van der Waals surface area contributed by atoms with Crippen molar-refractivity contribution in [2.24, 2.45) is 5.73 Å². The predicted octanol–water partition coefficient (Wildman–Crippen LogP) is 0.0963. The van der Waals surface area contributed by atoms with Crippen LogP contribution in [0, 0.1) is 0 Å². The van der Waals surface area contributed by atoms with Crippen LogP contribution in [0.4, 0.5) is 0 Å². The van der Waals surface area contributed by atoms with Gasteiger partial charge in [-0.2, -0.15) is 0 Å². The summed E-state index contributed by atoms with van der Waals surface area (Å²) in [6.45, 7) is 0.894. The summed E-state index contributed by atoms with van der Waals surface area (Å²) in [4.78, 5) is 26.0. The minimum Gasteiger partial charge on any atom is -0.391 e. The third kappa shape index (κ3) is 2.54. The van der Waals surface area contributed by atoms with Crippen molar-refractivity contribution < 1.29 is 14.7 Å². The quantitative estimate of drug-likeness (QED) is 0.749. The number of amides is 1. The highest BCUT2D eigenvalue weighted by Gasteiger charge is 2.26. The number of ketones is 1. The molecular weight excluding hydrogens is 240 g/mol. The van der Waals surface area contributed by atoms with E-state index in [1.807, 2.05) is 0 Å². The summed E-state index contributed by atoms with van der Waals surface area (Å²) in [5, 5.41) is 9.37. The van der Waals surface area contributed by atoms with Gasteiger partial charge in [-0.05, 0) is 18.6 Å². The predicted molar refractivity (Wildman–Crippen MR) is 64.2 cm³/mol. The van der Waals surface area contributed by atoms with Crippen molar-refractivity contribution in [3.8, 4) is 0 Å². The van der Waals surface area contributed by atoms with E-state index in [1.165, 1.54) is 0 Å². The molecule has 1 saturated heterocycles. The van der Waals surface area contributed by atoms with Gasteiger partial charge in [0.15, 0.2) is 5.78 Å². The van der Waals surface area contributed by atoms with Gasteiger partial charge in [0.25, 0.3) is 5.91 Å². The summed E-state index contributed by atoms with van der Waals surface area (Å²) in [5.74, 6) is -0.280. The Balaban J connectivity index is 2.09. The van der Waals surface area contributed by atoms with Crippen LogP contribution in [0.15, 0.2) is 12.1 Å². The average molecular weight is 254 g/mol. The molecule has 0 spiro atoms. The van der Waals surface area contributed by atoms with E-state index < -0.39 is 6.10 Å². The van der Waals surface area contributed by atoms with E-state index in [9.17, 15) is 14.7 Å². The number of hydrogen-bond acceptors (Lipinski definition) is 5. The molecule has 6 heteroatoms. The maximum atomic E-state index is 12.0. The zero-order chi connectivity index (χ0) is 12.4. The molecule has 0 bridgehead atoms. The molecule has 1 aliphatic heterocycles. The number of aliphatic hydroxyl groups excluding tert-OH is 1. The third-order valence-corrected chi connectivity index (χ3v) is 3.84. The molecule has 2 heterocycles. The highest BCUT2D eigenvalue weighted by molar-refractivity contribution is 7.16. The summed E-state index contributed by atoms with van der Waals surface area (Å²) in [5.41, 5.74) is 5.26. The van der Waals surface area contributed by atoms with Crippen LogP contribution in [0.25, 0.3) is 0 Å². The van der Waals surface area contributed by atoms with E-state index in [-0.39, 0.29) is 18.2 Å². The molecular formula is C11H14N2O3S. The van der Waals surface area contributed by atoms with Crippen LogP contribution in [0.3, 0.4) is 0 Å². The molecule has 0 radical (unpaired) electrons. The SMILES string of the molecule is NCC(=O)c1ccc(C(=O)N2CCC(O)C2)s1. The molecule has 0 saturated carbocycles. The minimum absolute atomic E-state index is 0.0451. The van der Waals surface area contributed by atoms with E-state index in [1.54, 1.807) is 17.0 Å². The standard InChI is InChI=1S/C11H14N2O3S/c12-5-8(15)9-1-2-10(17-9)11(16)13-4-3-7(14)6-13/h1-2,7,14H,3-6,12H2. The Morgan fingerprint density at radius 3 is 2.76 bits per heavy atom. The summed E-state index contributed by atoms with van der Waals surface area (Å²) in [6, 6.07) is 3.26. The Kier molecular flexibility index (Phi) is 3.56. The molecule has 1 aromatic rings. The number of nitrogens with zero attached hydrogens (tertiary/aromatic N) is 1. The number of β-amino-alcohol motifs (C(OH)–C–C–N with tert-alkyl or cyclic N) is 1. The number of carbonyl (C=O) groups is 2. The maximum Gasteiger partial charge on any atom is 0.264 e. The number of nitrogens with two attached hydrogens (primary N) is 1. The number of aliphatic hydroxyl groups is 1. The van der Waals surface area contributed by atoms with Crippen LogP contribution in [0.5, 0.6) is 0 Å². The van der Waals surface area contributed by atoms with Crippen LogP contribution in [0.2, 0.25) is 0 Å². The molecule has 0 aliphatic carbocycles. The Hall–Kier alpha value is -1.24. The number of likely N-dealkylation sites (tertiary alicyclic amines) is 1. The molecule has 2 rings (SSSR count). The molecule has 1 aromatic heterocycles. The van der Waals surface area contributed by atoms with E-state index in [4.69, 9.17) is 5.73 Å². The molecule has 17 heavy (non-hydrogen) atoms. The van der Waals surface area contributed by atoms with Crippen molar-refractivity contribution in [1.29, 1.82) is 0 Å². The molecule has 1 aliphatic rings. The van der Waals surface area contributed by atoms with Gasteiger partial charge >= 0.3 is 0 Å². The Morgan fingerprint density at radius 2 is 2.18 bits per heavy atom. The molecule has 92 valence electrons. The fourth-order valence-electron chi connectivity index (χ4n) is 1.79. The van der Waals surface area contributed by atoms with Crippen molar-refractivity contribution >= 4 is 23.0 Å². The molecule has 3 N–H and O–H groups in total. The van der Waals surface area contributed by atoms with Crippen molar-refractivity contribution in [2.45, 2.75) is 12.5 Å². The normalized spacial score (nSPS) is 19.6. The summed E-state index contributed by atoms with van der Waals surface area (Å²) in [6.07, 6.45) is 0.190. The van der Waals surface area contributed by atoms with E-state index in [0.29, 0.717) is 29.3 Å². The van der Waals surface area contributed by atoms with Crippen LogP contribution in [-0.2, 0) is 0 Å². The molecule has 1 atom stereocenters. The number of rotatable bonds is 3. The van der Waals surface area contributed by atoms with Gasteiger partial charge in [0, 0.05) is 13.1 Å². The lowest BCUT2D eigenvalue weighted by atomic mass is 10.3. The number of hydrogen-bond donors (Lipinski definition) is 2. The van der Waals surface area contributed by atoms with Gasteiger partial charge < -0.3 is 15.7 Å². The summed E-state index contributed by atoms with van der Waals surface area (Å²) >= 11 is 1.16. The second kappa shape index (κ2) is 4.95. The highest BCUT2D eigenvalue weighted by atomic mass is 32.1. The highest BCUT2D eigenvalue weighted by Crippen LogP contribution is 2.21. The van der Waals surface area contributed by atoms with Crippen molar-refractivity contribution in [3.05, 3.63) is 21.9 Å².